The molecule has 1 rings (SSSR count). The van der Waals surface area contributed by atoms with E-state index in [1.54, 1.807) is 11.7 Å². The summed E-state index contributed by atoms with van der Waals surface area (Å²) in [6.45, 7) is 7.89. The second-order valence-corrected chi connectivity index (χ2v) is 2.66. The van der Waals surface area contributed by atoms with Crippen LogP contribution in [0.2, 0.25) is 0 Å². The van der Waals surface area contributed by atoms with Gasteiger partial charge in [0.25, 0.3) is 0 Å². The Labute approximate surface area is 73.4 Å². The Morgan fingerprint density at radius 2 is 1.92 bits per heavy atom. The second-order valence-electron chi connectivity index (χ2n) is 2.66. The van der Waals surface area contributed by atoms with Crippen molar-refractivity contribution in [3.05, 3.63) is 17.7 Å². The van der Waals surface area contributed by atoms with Crippen LogP contribution in [0.25, 0.3) is 0 Å². The number of aromatic nitrogens is 2. The lowest BCUT2D eigenvalue weighted by atomic mass is 10.1. The second kappa shape index (κ2) is 4.91. The van der Waals surface area contributed by atoms with Gasteiger partial charge in [0, 0.05) is 7.05 Å². The van der Waals surface area contributed by atoms with Crippen molar-refractivity contribution in [1.82, 2.24) is 9.78 Å². The van der Waals surface area contributed by atoms with Crippen LogP contribution in [0, 0.1) is 5.82 Å². The lowest BCUT2D eigenvalue weighted by molar-refractivity contribution is 0.576. The number of hydrogen-bond acceptors (Lipinski definition) is 1. The molecule has 0 bridgehead atoms. The average Bonchev–Trinajstić information content (AvgIpc) is 2.35. The van der Waals surface area contributed by atoms with Crippen molar-refractivity contribution in [3.63, 3.8) is 0 Å². The molecule has 0 saturated heterocycles. The summed E-state index contributed by atoms with van der Waals surface area (Å²) < 4.78 is 14.3. The minimum absolute atomic E-state index is 0.201. The molecular formula is C9H17FN2. The highest BCUT2D eigenvalue weighted by Gasteiger charge is 2.10. The van der Waals surface area contributed by atoms with E-state index in [-0.39, 0.29) is 11.7 Å². The van der Waals surface area contributed by atoms with Gasteiger partial charge in [-0.1, -0.05) is 27.7 Å². The molecule has 0 aliphatic carbocycles. The van der Waals surface area contributed by atoms with Crippen molar-refractivity contribution in [1.29, 1.82) is 0 Å². The highest BCUT2D eigenvalue weighted by atomic mass is 19.1. The molecule has 1 aromatic heterocycles. The molecule has 0 radical (unpaired) electrons. The predicted molar refractivity (Wildman–Crippen MR) is 48.6 cm³/mol. The van der Waals surface area contributed by atoms with E-state index in [9.17, 15) is 4.39 Å². The number of hydrogen-bond donors (Lipinski definition) is 0. The van der Waals surface area contributed by atoms with E-state index in [1.807, 2.05) is 27.7 Å². The van der Waals surface area contributed by atoms with E-state index in [0.29, 0.717) is 5.69 Å². The standard InChI is InChI=1S/C7H11FN2.C2H6/c1-5(2)7-6(8)4-9-10(7)3;1-2/h4-5H,1-3H3;1-2H3. The number of aryl methyl sites for hydroxylation is 1. The fraction of sp³-hybridized carbons (Fsp3) is 0.667. The molecule has 0 amide bonds. The zero-order valence-electron chi connectivity index (χ0n) is 8.43. The zero-order chi connectivity index (χ0) is 9.72. The summed E-state index contributed by atoms with van der Waals surface area (Å²) in [5, 5.41) is 3.78. The van der Waals surface area contributed by atoms with Crippen LogP contribution in [0.15, 0.2) is 6.20 Å². The van der Waals surface area contributed by atoms with Crippen LogP contribution >= 0.6 is 0 Å². The molecule has 0 aliphatic rings. The molecule has 0 unspecified atom stereocenters. The molecule has 0 aliphatic heterocycles. The predicted octanol–water partition coefficient (Wildman–Crippen LogP) is 2.71. The fourth-order valence-electron chi connectivity index (χ4n) is 1.07. The van der Waals surface area contributed by atoms with Gasteiger partial charge in [0.2, 0.25) is 0 Å². The van der Waals surface area contributed by atoms with Crippen LogP contribution in [0.4, 0.5) is 4.39 Å². The van der Waals surface area contributed by atoms with E-state index < -0.39 is 0 Å². The van der Waals surface area contributed by atoms with Gasteiger partial charge >= 0.3 is 0 Å². The molecule has 1 aromatic rings. The molecule has 0 fully saturated rings. The van der Waals surface area contributed by atoms with E-state index in [4.69, 9.17) is 0 Å². The molecule has 0 N–H and O–H groups in total. The minimum atomic E-state index is -0.211. The highest BCUT2D eigenvalue weighted by molar-refractivity contribution is 5.07. The number of halogens is 1. The Hall–Kier alpha value is -0.860. The van der Waals surface area contributed by atoms with E-state index in [2.05, 4.69) is 5.10 Å². The van der Waals surface area contributed by atoms with Gasteiger partial charge in [0.1, 0.15) is 0 Å². The number of rotatable bonds is 1. The third-order valence-electron chi connectivity index (χ3n) is 1.48. The Morgan fingerprint density at radius 1 is 1.42 bits per heavy atom. The minimum Gasteiger partial charge on any atom is -0.269 e. The van der Waals surface area contributed by atoms with Crippen molar-refractivity contribution in [3.8, 4) is 0 Å². The van der Waals surface area contributed by atoms with Gasteiger partial charge in [-0.2, -0.15) is 5.10 Å². The summed E-state index contributed by atoms with van der Waals surface area (Å²) in [7, 11) is 1.75. The smallest absolute Gasteiger partial charge is 0.164 e. The lowest BCUT2D eigenvalue weighted by Gasteiger charge is -2.03. The summed E-state index contributed by atoms with van der Waals surface area (Å²) >= 11 is 0. The van der Waals surface area contributed by atoms with Crippen molar-refractivity contribution < 1.29 is 4.39 Å². The van der Waals surface area contributed by atoms with Crippen LogP contribution in [0.3, 0.4) is 0 Å². The Balaban J connectivity index is 0.000000561. The molecule has 1 heterocycles. The first-order valence-electron chi connectivity index (χ1n) is 4.30. The maximum absolute atomic E-state index is 12.8. The molecule has 3 heteroatoms. The maximum atomic E-state index is 12.8. The highest BCUT2D eigenvalue weighted by Crippen LogP contribution is 2.15. The number of nitrogens with zero attached hydrogens (tertiary/aromatic N) is 2. The van der Waals surface area contributed by atoms with Gasteiger partial charge in [0.05, 0.1) is 11.9 Å². The van der Waals surface area contributed by atoms with Crippen molar-refractivity contribution in [2.75, 3.05) is 0 Å². The first kappa shape index (κ1) is 11.1. The Morgan fingerprint density at radius 3 is 2.08 bits per heavy atom. The molecule has 0 saturated carbocycles. The van der Waals surface area contributed by atoms with E-state index >= 15 is 0 Å². The quantitative estimate of drug-likeness (QED) is 0.637. The van der Waals surface area contributed by atoms with Gasteiger partial charge in [-0.05, 0) is 5.92 Å². The molecule has 0 aromatic carbocycles. The first-order chi connectivity index (χ1) is 5.63. The monoisotopic (exact) mass is 172 g/mol. The van der Waals surface area contributed by atoms with Gasteiger partial charge in [-0.25, -0.2) is 4.39 Å². The largest absolute Gasteiger partial charge is 0.269 e. The summed E-state index contributed by atoms with van der Waals surface area (Å²) in [4.78, 5) is 0. The van der Waals surface area contributed by atoms with E-state index in [1.165, 1.54) is 6.20 Å². The molecule has 0 atom stereocenters. The molecule has 2 nitrogen and oxygen atoms in total. The Bertz CT molecular complexity index is 209. The van der Waals surface area contributed by atoms with Crippen LogP contribution in [0.5, 0.6) is 0 Å². The summed E-state index contributed by atoms with van der Waals surface area (Å²) in [5.74, 6) is -0.00926. The molecular weight excluding hydrogens is 155 g/mol. The Kier molecular flexibility index (Phi) is 4.55. The zero-order valence-corrected chi connectivity index (χ0v) is 8.43. The van der Waals surface area contributed by atoms with Crippen molar-refractivity contribution >= 4 is 0 Å². The topological polar surface area (TPSA) is 17.8 Å². The van der Waals surface area contributed by atoms with Gasteiger partial charge in [-0.15, -0.1) is 0 Å². The summed E-state index contributed by atoms with van der Waals surface area (Å²) in [6, 6.07) is 0. The maximum Gasteiger partial charge on any atom is 0.164 e. The third-order valence-corrected chi connectivity index (χ3v) is 1.48. The first-order valence-corrected chi connectivity index (χ1v) is 4.30. The SMILES string of the molecule is CC.CC(C)c1c(F)cnn1C. The van der Waals surface area contributed by atoms with Gasteiger partial charge in [0.15, 0.2) is 5.82 Å². The van der Waals surface area contributed by atoms with Crippen LogP contribution in [0.1, 0.15) is 39.3 Å². The molecule has 12 heavy (non-hydrogen) atoms. The summed E-state index contributed by atoms with van der Waals surface area (Å²) in [5.41, 5.74) is 0.667. The summed E-state index contributed by atoms with van der Waals surface area (Å²) in [6.07, 6.45) is 1.25. The van der Waals surface area contributed by atoms with Crippen molar-refractivity contribution in [2.45, 2.75) is 33.6 Å². The average molecular weight is 172 g/mol. The van der Waals surface area contributed by atoms with Gasteiger partial charge < -0.3 is 0 Å². The fourth-order valence-corrected chi connectivity index (χ4v) is 1.07. The van der Waals surface area contributed by atoms with Crippen LogP contribution in [-0.2, 0) is 7.05 Å². The van der Waals surface area contributed by atoms with Crippen molar-refractivity contribution in [2.24, 2.45) is 7.05 Å². The molecule has 70 valence electrons. The van der Waals surface area contributed by atoms with Crippen LogP contribution in [-0.4, -0.2) is 9.78 Å². The normalized spacial score (nSPS) is 9.58. The van der Waals surface area contributed by atoms with Gasteiger partial charge in [-0.3, -0.25) is 4.68 Å². The van der Waals surface area contributed by atoms with Crippen LogP contribution < -0.4 is 0 Å². The third kappa shape index (κ3) is 2.32. The van der Waals surface area contributed by atoms with E-state index in [0.717, 1.165) is 0 Å². The molecule has 0 spiro atoms. The lowest BCUT2D eigenvalue weighted by Crippen LogP contribution is -2.01.